The van der Waals surface area contributed by atoms with Crippen LogP contribution in [0.1, 0.15) is 47.4 Å². The van der Waals surface area contributed by atoms with E-state index in [1.54, 1.807) is 37.3 Å². The third kappa shape index (κ3) is 1.39. The Morgan fingerprint density at radius 2 is 1.73 bits per heavy atom. The number of hydrogen-bond acceptors (Lipinski definition) is 3. The molecule has 22 heavy (non-hydrogen) atoms. The van der Waals surface area contributed by atoms with E-state index >= 15 is 0 Å². The molecule has 0 saturated heterocycles. The molecule has 3 nitrogen and oxygen atoms in total. The van der Waals surface area contributed by atoms with Crippen LogP contribution in [0.4, 0.5) is 0 Å². The van der Waals surface area contributed by atoms with Gasteiger partial charge in [-0.05, 0) is 49.5 Å². The van der Waals surface area contributed by atoms with Crippen molar-refractivity contribution in [1.82, 2.24) is 0 Å². The minimum Gasteiger partial charge on any atom is -0.373 e. The normalized spacial score (nSPS) is 26.8. The summed E-state index contributed by atoms with van der Waals surface area (Å²) in [5, 5.41) is 11.2. The maximum atomic E-state index is 12.9. The van der Waals surface area contributed by atoms with Gasteiger partial charge in [-0.2, -0.15) is 0 Å². The van der Waals surface area contributed by atoms with Gasteiger partial charge < -0.3 is 5.11 Å². The van der Waals surface area contributed by atoms with Crippen molar-refractivity contribution in [1.29, 1.82) is 0 Å². The predicted molar refractivity (Wildman–Crippen MR) is 82.8 cm³/mol. The van der Waals surface area contributed by atoms with E-state index in [2.05, 4.69) is 0 Å². The molecule has 0 saturated carbocycles. The second kappa shape index (κ2) is 4.14. The third-order valence-electron chi connectivity index (χ3n) is 5.20. The fraction of sp³-hybridized carbons (Fsp3) is 0.263. The first-order chi connectivity index (χ1) is 10.5. The Kier molecular flexibility index (Phi) is 2.52. The summed E-state index contributed by atoms with van der Waals surface area (Å²) >= 11 is 0. The molecule has 1 aromatic rings. The summed E-state index contributed by atoms with van der Waals surface area (Å²) in [6.45, 7) is 3.82. The fourth-order valence-electron chi connectivity index (χ4n) is 3.85. The molecule has 3 aliphatic rings. The molecule has 3 aliphatic carbocycles. The summed E-state index contributed by atoms with van der Waals surface area (Å²) in [6, 6.07) is 6.73. The van der Waals surface area contributed by atoms with Crippen molar-refractivity contribution >= 4 is 11.6 Å². The molecule has 110 valence electrons. The molecule has 3 heteroatoms. The van der Waals surface area contributed by atoms with Gasteiger partial charge in [0, 0.05) is 16.7 Å². The molecule has 0 spiro atoms. The van der Waals surface area contributed by atoms with E-state index in [9.17, 15) is 14.7 Å². The highest BCUT2D eigenvalue weighted by molar-refractivity contribution is 6.28. The van der Waals surface area contributed by atoms with Gasteiger partial charge in [-0.3, -0.25) is 9.59 Å². The lowest BCUT2D eigenvalue weighted by Crippen LogP contribution is -2.50. The molecule has 4 rings (SSSR count). The Morgan fingerprint density at radius 1 is 1.05 bits per heavy atom. The van der Waals surface area contributed by atoms with Crippen LogP contribution < -0.4 is 0 Å². The first kappa shape index (κ1) is 13.4. The van der Waals surface area contributed by atoms with Gasteiger partial charge in [-0.15, -0.1) is 0 Å². The number of rotatable bonds is 0. The maximum absolute atomic E-state index is 12.9. The van der Waals surface area contributed by atoms with Crippen LogP contribution in [0.5, 0.6) is 0 Å². The van der Waals surface area contributed by atoms with Crippen LogP contribution in [0, 0.1) is 0 Å². The third-order valence-corrected chi connectivity index (χ3v) is 5.20. The number of allylic oxidation sites excluding steroid dienone is 4. The van der Waals surface area contributed by atoms with E-state index in [0.717, 1.165) is 24.0 Å². The van der Waals surface area contributed by atoms with Gasteiger partial charge in [0.05, 0.1) is 0 Å². The molecule has 0 bridgehead atoms. The van der Waals surface area contributed by atoms with Gasteiger partial charge in [-0.25, -0.2) is 0 Å². The van der Waals surface area contributed by atoms with Crippen molar-refractivity contribution in [3.8, 4) is 0 Å². The van der Waals surface area contributed by atoms with Crippen LogP contribution in [-0.4, -0.2) is 22.3 Å². The summed E-state index contributed by atoms with van der Waals surface area (Å²) in [7, 11) is 0. The Hall–Kier alpha value is -2.26. The van der Waals surface area contributed by atoms with Crippen molar-refractivity contribution in [3.05, 3.63) is 69.3 Å². The Bertz CT molecular complexity index is 851. The summed E-state index contributed by atoms with van der Waals surface area (Å²) in [4.78, 5) is 25.7. The van der Waals surface area contributed by atoms with Gasteiger partial charge >= 0.3 is 0 Å². The molecule has 0 fully saturated rings. The van der Waals surface area contributed by atoms with Gasteiger partial charge in [-0.1, -0.05) is 29.8 Å². The number of carbonyl (C=O) groups excluding carboxylic acids is 2. The average molecular weight is 292 g/mol. The van der Waals surface area contributed by atoms with Crippen molar-refractivity contribution in [3.63, 3.8) is 0 Å². The van der Waals surface area contributed by atoms with Crippen LogP contribution in [0.3, 0.4) is 0 Å². The number of ketones is 2. The van der Waals surface area contributed by atoms with E-state index in [0.29, 0.717) is 16.7 Å². The zero-order chi connectivity index (χ0) is 15.6. The highest BCUT2D eigenvalue weighted by Crippen LogP contribution is 2.48. The first-order valence-electron chi connectivity index (χ1n) is 7.49. The zero-order valence-electron chi connectivity index (χ0n) is 12.6. The van der Waals surface area contributed by atoms with Crippen LogP contribution in [0.15, 0.2) is 58.2 Å². The van der Waals surface area contributed by atoms with Crippen molar-refractivity contribution in [2.24, 2.45) is 0 Å². The van der Waals surface area contributed by atoms with E-state index in [4.69, 9.17) is 0 Å². The fourth-order valence-corrected chi connectivity index (χ4v) is 3.85. The van der Waals surface area contributed by atoms with E-state index in [1.807, 2.05) is 6.92 Å². The number of benzene rings is 1. The van der Waals surface area contributed by atoms with Gasteiger partial charge in [0.1, 0.15) is 0 Å². The molecule has 1 aromatic carbocycles. The van der Waals surface area contributed by atoms with Gasteiger partial charge in [0.2, 0.25) is 5.78 Å². The van der Waals surface area contributed by atoms with Crippen molar-refractivity contribution in [2.45, 2.75) is 32.3 Å². The number of carbonyl (C=O) groups is 2. The molecule has 0 unspecified atom stereocenters. The molecule has 0 heterocycles. The second-order valence-electron chi connectivity index (χ2n) is 6.27. The van der Waals surface area contributed by atoms with Gasteiger partial charge in [0.25, 0.3) is 0 Å². The second-order valence-corrected chi connectivity index (χ2v) is 6.27. The highest BCUT2D eigenvalue weighted by atomic mass is 16.3. The summed E-state index contributed by atoms with van der Waals surface area (Å²) in [6.07, 6.45) is 3.47. The topological polar surface area (TPSA) is 54.4 Å². The minimum absolute atomic E-state index is 0.203. The first-order valence-corrected chi connectivity index (χ1v) is 7.49. The van der Waals surface area contributed by atoms with Crippen LogP contribution in [0.2, 0.25) is 0 Å². The summed E-state index contributed by atoms with van der Waals surface area (Å²) in [5.41, 5.74) is 2.98. The lowest BCUT2D eigenvalue weighted by atomic mass is 9.67. The van der Waals surface area contributed by atoms with Crippen LogP contribution in [-0.2, 0) is 0 Å². The molecular formula is C19H16O3. The lowest BCUT2D eigenvalue weighted by Gasteiger charge is -2.38. The number of fused-ring (bicyclic) bond motifs is 3. The lowest BCUT2D eigenvalue weighted by molar-refractivity contribution is 0.0552. The molecule has 0 radical (unpaired) electrons. The van der Waals surface area contributed by atoms with Gasteiger partial charge in [0.15, 0.2) is 11.4 Å². The Morgan fingerprint density at radius 3 is 2.45 bits per heavy atom. The number of Topliss-reactive ketones (excluding diaryl/α,β-unsaturated/α-hetero) is 2. The zero-order valence-corrected chi connectivity index (χ0v) is 12.6. The van der Waals surface area contributed by atoms with Crippen LogP contribution in [0.25, 0.3) is 0 Å². The summed E-state index contributed by atoms with van der Waals surface area (Å²) < 4.78 is 0. The SMILES string of the molecule is CC1=C2C=C3C(=O)c4ccccc4C(=O)[C@]3(O)C(C)=C2CC1. The van der Waals surface area contributed by atoms with Crippen molar-refractivity contribution in [2.75, 3.05) is 0 Å². The van der Waals surface area contributed by atoms with Crippen molar-refractivity contribution < 1.29 is 14.7 Å². The smallest absolute Gasteiger partial charge is 0.204 e. The Balaban J connectivity index is 2.06. The quantitative estimate of drug-likeness (QED) is 0.799. The Labute approximate surface area is 128 Å². The van der Waals surface area contributed by atoms with Crippen LogP contribution >= 0.6 is 0 Å². The molecule has 0 aromatic heterocycles. The molecule has 1 atom stereocenters. The monoisotopic (exact) mass is 292 g/mol. The molecule has 0 aliphatic heterocycles. The van der Waals surface area contributed by atoms with E-state index < -0.39 is 5.60 Å². The predicted octanol–water partition coefficient (Wildman–Crippen LogP) is 3.16. The maximum Gasteiger partial charge on any atom is 0.204 e. The molecule has 0 amide bonds. The standard InChI is InChI=1S/C19H16O3/c1-10-7-8-12-11(2)19(22)16(9-15(10)12)17(20)13-5-3-4-6-14(13)18(19)21/h3-6,9,22H,7-8H2,1-2H3/t19-/m0/s1. The van der Waals surface area contributed by atoms with E-state index in [-0.39, 0.29) is 17.1 Å². The minimum atomic E-state index is -1.80. The number of aliphatic hydroxyl groups is 1. The molecule has 1 N–H and O–H groups in total. The summed E-state index contributed by atoms with van der Waals surface area (Å²) in [5.74, 6) is -0.633. The molecular weight excluding hydrogens is 276 g/mol. The highest BCUT2D eigenvalue weighted by Gasteiger charge is 2.53. The van der Waals surface area contributed by atoms with E-state index in [1.165, 1.54) is 5.57 Å². The average Bonchev–Trinajstić information content (AvgIpc) is 2.89. The largest absolute Gasteiger partial charge is 0.373 e. The number of hydrogen-bond donors (Lipinski definition) is 1.